The van der Waals surface area contributed by atoms with Gasteiger partial charge in [0.2, 0.25) is 5.91 Å². The number of fused-ring (bicyclic) bond motifs is 1. The minimum absolute atomic E-state index is 0.0327. The number of carbonyl (C=O) groups excluding carboxylic acids is 2. The number of benzene rings is 2. The van der Waals surface area contributed by atoms with E-state index >= 15 is 0 Å². The van der Waals surface area contributed by atoms with Crippen LogP contribution in [0.25, 0.3) is 0 Å². The minimum atomic E-state index is -0.251. The van der Waals surface area contributed by atoms with E-state index in [1.165, 1.54) is 10.4 Å². The predicted molar refractivity (Wildman–Crippen MR) is 150 cm³/mol. The maximum atomic E-state index is 13.7. The van der Waals surface area contributed by atoms with Gasteiger partial charge < -0.3 is 19.9 Å². The van der Waals surface area contributed by atoms with Crippen LogP contribution in [0.1, 0.15) is 47.9 Å². The molecule has 0 radical (unpaired) electrons. The summed E-state index contributed by atoms with van der Waals surface area (Å²) in [6.45, 7) is 9.84. The number of urea groups is 1. The molecular weight excluding hydrogens is 482 g/mol. The van der Waals surface area contributed by atoms with Crippen LogP contribution >= 0.6 is 11.3 Å². The van der Waals surface area contributed by atoms with Crippen LogP contribution in [0.5, 0.6) is 5.75 Å². The Labute approximate surface area is 224 Å². The number of hydrogen-bond donors (Lipinski definition) is 1. The first kappa shape index (κ1) is 26.7. The lowest BCUT2D eigenvalue weighted by Crippen LogP contribution is -2.49. The summed E-state index contributed by atoms with van der Waals surface area (Å²) in [6.07, 6.45) is 1.64. The summed E-state index contributed by atoms with van der Waals surface area (Å²) in [5, 5.41) is 5.05. The molecule has 37 heavy (non-hydrogen) atoms. The zero-order valence-corrected chi connectivity index (χ0v) is 23.0. The van der Waals surface area contributed by atoms with E-state index < -0.39 is 0 Å². The van der Waals surface area contributed by atoms with Crippen molar-refractivity contribution in [2.24, 2.45) is 5.92 Å². The number of carbonyl (C=O) groups is 2. The van der Waals surface area contributed by atoms with Crippen molar-refractivity contribution in [2.75, 3.05) is 31.6 Å². The second-order valence-electron chi connectivity index (χ2n) is 10.2. The fourth-order valence-electron chi connectivity index (χ4n) is 4.44. The SMILES string of the molecule is Cc1ccc(NC(=O)N(CCC(C)C)CC(=O)N2CCc3sccc3C2COc2ccc(C)cc2)cc1. The molecule has 1 atom stereocenters. The van der Waals surface area contributed by atoms with Crippen LogP contribution in [0, 0.1) is 19.8 Å². The normalized spacial score (nSPS) is 14.8. The fraction of sp³-hybridized carbons (Fsp3) is 0.400. The summed E-state index contributed by atoms with van der Waals surface area (Å²) in [5.41, 5.74) is 4.17. The molecule has 3 amide bonds. The number of amides is 3. The zero-order valence-electron chi connectivity index (χ0n) is 22.2. The first-order valence-electron chi connectivity index (χ1n) is 13.0. The van der Waals surface area contributed by atoms with Crippen LogP contribution in [0.15, 0.2) is 60.0 Å². The summed E-state index contributed by atoms with van der Waals surface area (Å²) >= 11 is 1.73. The van der Waals surface area contributed by atoms with E-state index in [1.54, 1.807) is 16.2 Å². The van der Waals surface area contributed by atoms with Gasteiger partial charge in [0.25, 0.3) is 0 Å². The third-order valence-corrected chi connectivity index (χ3v) is 7.73. The Morgan fingerprint density at radius 3 is 2.41 bits per heavy atom. The molecule has 0 bridgehead atoms. The summed E-state index contributed by atoms with van der Waals surface area (Å²) < 4.78 is 6.15. The summed E-state index contributed by atoms with van der Waals surface area (Å²) in [7, 11) is 0. The first-order valence-corrected chi connectivity index (χ1v) is 13.9. The molecule has 2 aromatic carbocycles. The third kappa shape index (κ3) is 7.13. The number of thiophene rings is 1. The number of aryl methyl sites for hydroxylation is 2. The van der Waals surface area contributed by atoms with E-state index in [0.717, 1.165) is 35.4 Å². The first-order chi connectivity index (χ1) is 17.8. The molecule has 196 valence electrons. The number of rotatable bonds is 9. The molecule has 6 nitrogen and oxygen atoms in total. The van der Waals surface area contributed by atoms with E-state index in [-0.39, 0.29) is 24.5 Å². The molecule has 0 saturated carbocycles. The summed E-state index contributed by atoms with van der Waals surface area (Å²) in [6, 6.07) is 17.3. The van der Waals surface area contributed by atoms with E-state index in [2.05, 4.69) is 30.6 Å². The number of ether oxygens (including phenoxy) is 1. The molecule has 2 heterocycles. The second-order valence-corrected chi connectivity index (χ2v) is 11.2. The molecule has 1 aliphatic heterocycles. The Morgan fingerprint density at radius 2 is 1.73 bits per heavy atom. The Hall–Kier alpha value is -3.32. The highest BCUT2D eigenvalue weighted by atomic mass is 32.1. The Bertz CT molecular complexity index is 1190. The molecule has 0 fully saturated rings. The van der Waals surface area contributed by atoms with Crippen molar-refractivity contribution in [3.05, 3.63) is 81.5 Å². The summed E-state index contributed by atoms with van der Waals surface area (Å²) in [5.74, 6) is 1.15. The minimum Gasteiger partial charge on any atom is -0.491 e. The maximum absolute atomic E-state index is 13.7. The largest absolute Gasteiger partial charge is 0.491 e. The molecule has 1 N–H and O–H groups in total. The van der Waals surface area contributed by atoms with Gasteiger partial charge >= 0.3 is 6.03 Å². The monoisotopic (exact) mass is 519 g/mol. The Morgan fingerprint density at radius 1 is 1.05 bits per heavy atom. The van der Waals surface area contributed by atoms with Crippen LogP contribution < -0.4 is 10.1 Å². The lowest BCUT2D eigenvalue weighted by atomic mass is 10.0. The van der Waals surface area contributed by atoms with Gasteiger partial charge in [-0.25, -0.2) is 4.79 Å². The van der Waals surface area contributed by atoms with Gasteiger partial charge in [0.15, 0.2) is 0 Å². The van der Waals surface area contributed by atoms with E-state index in [0.29, 0.717) is 25.6 Å². The van der Waals surface area contributed by atoms with Crippen LogP contribution in [0.4, 0.5) is 10.5 Å². The highest BCUT2D eigenvalue weighted by molar-refractivity contribution is 7.10. The van der Waals surface area contributed by atoms with E-state index in [4.69, 9.17) is 4.74 Å². The molecule has 0 spiro atoms. The van der Waals surface area contributed by atoms with Crippen LogP contribution in [0.2, 0.25) is 0 Å². The molecule has 1 aliphatic rings. The molecule has 3 aromatic rings. The van der Waals surface area contributed by atoms with Crippen molar-refractivity contribution in [3.8, 4) is 5.75 Å². The molecule has 1 aromatic heterocycles. The average molecular weight is 520 g/mol. The number of anilines is 1. The molecular formula is C30H37N3O3S. The van der Waals surface area contributed by atoms with Crippen molar-refractivity contribution in [1.82, 2.24) is 9.80 Å². The van der Waals surface area contributed by atoms with Crippen LogP contribution in [0.3, 0.4) is 0 Å². The van der Waals surface area contributed by atoms with Crippen molar-refractivity contribution in [1.29, 1.82) is 0 Å². The second kappa shape index (κ2) is 12.3. The van der Waals surface area contributed by atoms with Gasteiger partial charge in [0.05, 0.1) is 6.04 Å². The van der Waals surface area contributed by atoms with E-state index in [9.17, 15) is 9.59 Å². The van der Waals surface area contributed by atoms with Crippen molar-refractivity contribution < 1.29 is 14.3 Å². The smallest absolute Gasteiger partial charge is 0.322 e. The van der Waals surface area contributed by atoms with E-state index in [1.807, 2.05) is 67.3 Å². The molecule has 1 unspecified atom stereocenters. The molecule has 7 heteroatoms. The predicted octanol–water partition coefficient (Wildman–Crippen LogP) is 6.45. The Balaban J connectivity index is 1.48. The van der Waals surface area contributed by atoms with Crippen molar-refractivity contribution >= 4 is 29.0 Å². The topological polar surface area (TPSA) is 61.9 Å². The number of nitrogens with one attached hydrogen (secondary N) is 1. The standard InChI is InChI=1S/C30H37N3O3S/c1-21(2)13-16-32(30(35)31-24-9-5-22(3)6-10-24)19-29(34)33-17-14-28-26(15-18-37-28)27(33)20-36-25-11-7-23(4)8-12-25/h5-12,15,18,21,27H,13-14,16-17,19-20H2,1-4H3,(H,31,35). The molecule has 0 aliphatic carbocycles. The highest BCUT2D eigenvalue weighted by Crippen LogP contribution is 2.34. The maximum Gasteiger partial charge on any atom is 0.322 e. The van der Waals surface area contributed by atoms with Gasteiger partial charge in [-0.2, -0.15) is 0 Å². The molecule has 4 rings (SSSR count). The van der Waals surface area contributed by atoms with Gasteiger partial charge in [-0.15, -0.1) is 11.3 Å². The third-order valence-electron chi connectivity index (χ3n) is 6.74. The lowest BCUT2D eigenvalue weighted by Gasteiger charge is -2.37. The highest BCUT2D eigenvalue weighted by Gasteiger charge is 2.33. The van der Waals surface area contributed by atoms with Gasteiger partial charge in [-0.3, -0.25) is 4.79 Å². The van der Waals surface area contributed by atoms with Gasteiger partial charge in [-0.05, 0) is 73.9 Å². The zero-order chi connectivity index (χ0) is 26.4. The molecule has 0 saturated heterocycles. The van der Waals surface area contributed by atoms with Crippen LogP contribution in [-0.2, 0) is 11.2 Å². The number of nitrogens with zero attached hydrogens (tertiary/aromatic N) is 2. The van der Waals surface area contributed by atoms with Crippen molar-refractivity contribution in [3.63, 3.8) is 0 Å². The van der Waals surface area contributed by atoms with Gasteiger partial charge in [-0.1, -0.05) is 49.2 Å². The average Bonchev–Trinajstić information content (AvgIpc) is 3.36. The van der Waals surface area contributed by atoms with Gasteiger partial charge in [0.1, 0.15) is 18.9 Å². The lowest BCUT2D eigenvalue weighted by molar-refractivity contribution is -0.135. The number of hydrogen-bond acceptors (Lipinski definition) is 4. The van der Waals surface area contributed by atoms with Crippen molar-refractivity contribution in [2.45, 2.75) is 46.6 Å². The summed E-state index contributed by atoms with van der Waals surface area (Å²) in [4.78, 5) is 31.8. The quantitative estimate of drug-likeness (QED) is 0.353. The Kier molecular flexibility index (Phi) is 8.87. The van der Waals surface area contributed by atoms with Gasteiger partial charge in [0, 0.05) is 23.7 Å². The fourth-order valence-corrected chi connectivity index (χ4v) is 5.37. The van der Waals surface area contributed by atoms with Crippen LogP contribution in [-0.4, -0.2) is 48.0 Å².